The van der Waals surface area contributed by atoms with Gasteiger partial charge in [-0.2, -0.15) is 0 Å². The van der Waals surface area contributed by atoms with E-state index in [1.165, 1.54) is 26.0 Å². The summed E-state index contributed by atoms with van der Waals surface area (Å²) in [7, 11) is 0. The van der Waals surface area contributed by atoms with Crippen molar-refractivity contribution in [3.63, 3.8) is 0 Å². The number of amides is 4. The SMILES string of the molecule is CC(=O)O/C(=C(\C(C)C)N1CCC[C@H]1C(=O)NC(=O)[C@@H](NC(=O)c1ccc(C(=O)N2CCOCC2)cc1)C(C)C)C(C)F. The lowest BCUT2D eigenvalue weighted by atomic mass is 10.0. The number of hydrogen-bond acceptors (Lipinski definition) is 8. The fourth-order valence-corrected chi connectivity index (χ4v) is 5.33. The molecule has 2 aliphatic rings. The highest BCUT2D eigenvalue weighted by molar-refractivity contribution is 6.03. The maximum Gasteiger partial charge on any atom is 0.307 e. The first-order valence-corrected chi connectivity index (χ1v) is 14.8. The fraction of sp³-hybridized carbons (Fsp3) is 0.581. The number of esters is 1. The van der Waals surface area contributed by atoms with Crippen molar-refractivity contribution < 1.29 is 37.8 Å². The molecule has 2 N–H and O–H groups in total. The number of nitrogens with one attached hydrogen (secondary N) is 2. The van der Waals surface area contributed by atoms with Gasteiger partial charge in [-0.05, 0) is 55.9 Å². The summed E-state index contributed by atoms with van der Waals surface area (Å²) in [5.74, 6) is -3.36. The quantitative estimate of drug-likeness (QED) is 0.309. The van der Waals surface area contributed by atoms with Crippen molar-refractivity contribution in [2.75, 3.05) is 32.8 Å². The van der Waals surface area contributed by atoms with Gasteiger partial charge in [0.2, 0.25) is 11.8 Å². The van der Waals surface area contributed by atoms with Gasteiger partial charge in [-0.3, -0.25) is 29.3 Å². The molecule has 3 rings (SSSR count). The van der Waals surface area contributed by atoms with Crippen molar-refractivity contribution in [1.82, 2.24) is 20.4 Å². The largest absolute Gasteiger partial charge is 0.426 e. The number of allylic oxidation sites excluding steroid dienone is 2. The highest BCUT2D eigenvalue weighted by atomic mass is 19.1. The lowest BCUT2D eigenvalue weighted by Gasteiger charge is -2.33. The molecule has 1 aromatic carbocycles. The Morgan fingerprint density at radius 1 is 0.953 bits per heavy atom. The molecule has 2 heterocycles. The maximum atomic E-state index is 14.6. The number of alkyl halides is 1. The Morgan fingerprint density at radius 2 is 1.56 bits per heavy atom. The molecule has 11 nitrogen and oxygen atoms in total. The van der Waals surface area contributed by atoms with Crippen LogP contribution in [-0.4, -0.2) is 90.5 Å². The Hall–Kier alpha value is -3.80. The summed E-state index contributed by atoms with van der Waals surface area (Å²) in [6.07, 6.45) is -0.554. The standard InChI is InChI=1S/C31H43FN4O7/c1-18(2)25(33-28(38)22-9-11-23(12-10-22)31(41)35-14-16-42-17-15-35)30(40)34-29(39)24-8-7-13-36(24)26(19(3)4)27(20(5)32)43-21(6)37/h9-12,18-20,24-25H,7-8,13-17H2,1-6H3,(H,33,38)(H,34,39,40)/b27-26+/t20?,24-,25-/m0/s1. The van der Waals surface area contributed by atoms with Crippen LogP contribution in [0.15, 0.2) is 35.7 Å². The number of ether oxygens (including phenoxy) is 2. The first-order chi connectivity index (χ1) is 20.3. The number of morpholine rings is 1. The van der Waals surface area contributed by atoms with Gasteiger partial charge >= 0.3 is 5.97 Å². The van der Waals surface area contributed by atoms with E-state index in [-0.39, 0.29) is 29.1 Å². The van der Waals surface area contributed by atoms with E-state index >= 15 is 0 Å². The first-order valence-electron chi connectivity index (χ1n) is 14.8. The van der Waals surface area contributed by atoms with Crippen molar-refractivity contribution in [1.29, 1.82) is 0 Å². The third-order valence-electron chi connectivity index (χ3n) is 7.45. The van der Waals surface area contributed by atoms with Crippen molar-refractivity contribution in [2.45, 2.75) is 72.6 Å². The second-order valence-corrected chi connectivity index (χ2v) is 11.5. The van der Waals surface area contributed by atoms with Crippen LogP contribution in [0.4, 0.5) is 4.39 Å². The third kappa shape index (κ3) is 8.62. The summed E-state index contributed by atoms with van der Waals surface area (Å²) in [6.45, 7) is 12.0. The van der Waals surface area contributed by atoms with Crippen LogP contribution in [-0.2, 0) is 23.9 Å². The summed E-state index contributed by atoms with van der Waals surface area (Å²) >= 11 is 0. The minimum atomic E-state index is -1.58. The molecule has 43 heavy (non-hydrogen) atoms. The number of carbonyl (C=O) groups excluding carboxylic acids is 5. The predicted molar refractivity (Wildman–Crippen MR) is 156 cm³/mol. The number of rotatable bonds is 10. The molecule has 1 unspecified atom stereocenters. The van der Waals surface area contributed by atoms with E-state index in [2.05, 4.69) is 10.6 Å². The van der Waals surface area contributed by atoms with Crippen LogP contribution in [0.1, 0.15) is 75.1 Å². The van der Waals surface area contributed by atoms with E-state index in [0.29, 0.717) is 57.0 Å². The van der Waals surface area contributed by atoms with E-state index in [4.69, 9.17) is 9.47 Å². The molecule has 0 spiro atoms. The van der Waals surface area contributed by atoms with Crippen molar-refractivity contribution in [3.05, 3.63) is 46.8 Å². The normalized spacial score (nSPS) is 19.0. The Balaban J connectivity index is 1.71. The second-order valence-electron chi connectivity index (χ2n) is 11.5. The monoisotopic (exact) mass is 602 g/mol. The maximum absolute atomic E-state index is 14.6. The average molecular weight is 603 g/mol. The van der Waals surface area contributed by atoms with Crippen LogP contribution in [0, 0.1) is 11.8 Å². The van der Waals surface area contributed by atoms with E-state index in [9.17, 15) is 28.4 Å². The molecule has 12 heteroatoms. The van der Waals surface area contributed by atoms with Crippen LogP contribution in [0.2, 0.25) is 0 Å². The van der Waals surface area contributed by atoms with Gasteiger partial charge in [0.1, 0.15) is 12.1 Å². The molecule has 0 radical (unpaired) electrons. The Bertz CT molecular complexity index is 1220. The van der Waals surface area contributed by atoms with Gasteiger partial charge < -0.3 is 24.6 Å². The van der Waals surface area contributed by atoms with Crippen LogP contribution in [0.25, 0.3) is 0 Å². The summed E-state index contributed by atoms with van der Waals surface area (Å²) in [5, 5.41) is 5.14. The van der Waals surface area contributed by atoms with Crippen LogP contribution in [0.5, 0.6) is 0 Å². The molecule has 4 amide bonds. The molecule has 2 saturated heterocycles. The van der Waals surface area contributed by atoms with E-state index < -0.39 is 41.9 Å². The summed E-state index contributed by atoms with van der Waals surface area (Å²) in [5.41, 5.74) is 1.10. The summed E-state index contributed by atoms with van der Waals surface area (Å²) in [6, 6.07) is 4.36. The molecule has 0 saturated carbocycles. The topological polar surface area (TPSA) is 134 Å². The van der Waals surface area contributed by atoms with E-state index in [1.807, 2.05) is 13.8 Å². The average Bonchev–Trinajstić information content (AvgIpc) is 3.44. The molecule has 3 atom stereocenters. The summed E-state index contributed by atoms with van der Waals surface area (Å²) in [4.78, 5) is 67.5. The first kappa shape index (κ1) is 33.7. The van der Waals surface area contributed by atoms with E-state index in [0.717, 1.165) is 0 Å². The molecule has 2 aliphatic heterocycles. The lowest BCUT2D eigenvalue weighted by molar-refractivity contribution is -0.138. The molecule has 2 fully saturated rings. The number of likely N-dealkylation sites (tertiary alicyclic amines) is 1. The zero-order chi connectivity index (χ0) is 31.8. The van der Waals surface area contributed by atoms with Gasteiger partial charge in [-0.1, -0.05) is 27.7 Å². The number of halogens is 1. The predicted octanol–water partition coefficient (Wildman–Crippen LogP) is 2.81. The van der Waals surface area contributed by atoms with E-state index in [1.54, 1.807) is 35.8 Å². The number of benzene rings is 1. The minimum Gasteiger partial charge on any atom is -0.426 e. The highest BCUT2D eigenvalue weighted by Gasteiger charge is 2.38. The zero-order valence-corrected chi connectivity index (χ0v) is 25.8. The summed E-state index contributed by atoms with van der Waals surface area (Å²) < 4.78 is 25.1. The van der Waals surface area contributed by atoms with Crippen LogP contribution in [0.3, 0.4) is 0 Å². The second kappa shape index (κ2) is 15.1. The molecule has 0 bridgehead atoms. The molecule has 0 aliphatic carbocycles. The van der Waals surface area contributed by atoms with Crippen LogP contribution >= 0.6 is 0 Å². The molecule has 1 aromatic rings. The third-order valence-corrected chi connectivity index (χ3v) is 7.45. The Kier molecular flexibility index (Phi) is 11.8. The molecular weight excluding hydrogens is 559 g/mol. The van der Waals surface area contributed by atoms with Crippen molar-refractivity contribution in [3.8, 4) is 0 Å². The van der Waals surface area contributed by atoms with Gasteiger partial charge in [0.05, 0.1) is 18.9 Å². The van der Waals surface area contributed by atoms with Gasteiger partial charge in [0.25, 0.3) is 11.8 Å². The van der Waals surface area contributed by atoms with Gasteiger partial charge in [-0.25, -0.2) is 4.39 Å². The molecule has 236 valence electrons. The highest BCUT2D eigenvalue weighted by Crippen LogP contribution is 2.31. The Morgan fingerprint density at radius 3 is 2.09 bits per heavy atom. The lowest BCUT2D eigenvalue weighted by Crippen LogP contribution is -2.54. The number of carbonyl (C=O) groups is 5. The van der Waals surface area contributed by atoms with Crippen LogP contribution < -0.4 is 10.6 Å². The number of imide groups is 1. The fourth-order valence-electron chi connectivity index (χ4n) is 5.33. The number of hydrogen-bond donors (Lipinski definition) is 2. The van der Waals surface area contributed by atoms with Crippen molar-refractivity contribution >= 4 is 29.6 Å². The number of nitrogens with zero attached hydrogens (tertiary/aromatic N) is 2. The molecular formula is C31H43FN4O7. The van der Waals surface area contributed by atoms with Crippen molar-refractivity contribution in [2.24, 2.45) is 11.8 Å². The smallest absolute Gasteiger partial charge is 0.307 e. The minimum absolute atomic E-state index is 0.140. The zero-order valence-electron chi connectivity index (χ0n) is 25.8. The van der Waals surface area contributed by atoms with Gasteiger partial charge in [-0.15, -0.1) is 0 Å². The van der Waals surface area contributed by atoms with Gasteiger partial charge in [0, 0.05) is 37.7 Å². The Labute approximate surface area is 252 Å². The van der Waals surface area contributed by atoms with Gasteiger partial charge in [0.15, 0.2) is 11.9 Å². The molecule has 0 aromatic heterocycles.